The van der Waals surface area contributed by atoms with Gasteiger partial charge in [-0.25, -0.2) is 4.79 Å². The van der Waals surface area contributed by atoms with Gasteiger partial charge in [-0.3, -0.25) is 39.1 Å². The monoisotopic (exact) mass is 755 g/mol. The Bertz CT molecular complexity index is 2260. The summed E-state index contributed by atoms with van der Waals surface area (Å²) in [5, 5.41) is 21.9. The molecular formula is C37H33N5O11S. The summed E-state index contributed by atoms with van der Waals surface area (Å²) in [6.07, 6.45) is -1.07. The Morgan fingerprint density at radius 1 is 0.722 bits per heavy atom. The van der Waals surface area contributed by atoms with E-state index in [1.807, 2.05) is 0 Å². The van der Waals surface area contributed by atoms with Crippen molar-refractivity contribution in [2.45, 2.75) is 26.0 Å². The highest BCUT2D eigenvalue weighted by molar-refractivity contribution is 7.85. The molecule has 0 spiro atoms. The van der Waals surface area contributed by atoms with Gasteiger partial charge in [-0.2, -0.15) is 8.42 Å². The highest BCUT2D eigenvalue weighted by Gasteiger charge is 2.44. The van der Waals surface area contributed by atoms with Gasteiger partial charge in [0.2, 0.25) is 0 Å². The topological polar surface area (TPSA) is 231 Å². The van der Waals surface area contributed by atoms with Crippen LogP contribution in [0.4, 0.5) is 10.5 Å². The molecule has 4 N–H and O–H groups in total. The van der Waals surface area contributed by atoms with E-state index in [1.165, 1.54) is 79.4 Å². The van der Waals surface area contributed by atoms with Crippen LogP contribution in [0, 0.1) is 10.8 Å². The van der Waals surface area contributed by atoms with Crippen LogP contribution in [0.1, 0.15) is 57.3 Å². The average Bonchev–Trinajstić information content (AvgIpc) is 3.46. The molecule has 0 saturated carbocycles. The van der Waals surface area contributed by atoms with Gasteiger partial charge in [0.1, 0.15) is 35.8 Å². The first-order chi connectivity index (χ1) is 25.6. The zero-order chi connectivity index (χ0) is 39.2. The number of carbonyl (C=O) groups excluding carboxylic acids is 5. The molecule has 2 atom stereocenters. The summed E-state index contributed by atoms with van der Waals surface area (Å²) in [4.78, 5) is 63.4. The minimum Gasteiger partial charge on any atom is -0.441 e. The Kier molecular flexibility index (Phi) is 11.6. The maximum atomic E-state index is 13.3. The molecule has 1 aliphatic rings. The van der Waals surface area contributed by atoms with Crippen molar-refractivity contribution >= 4 is 57.3 Å². The maximum absolute atomic E-state index is 13.3. The van der Waals surface area contributed by atoms with Gasteiger partial charge in [0.25, 0.3) is 21.9 Å². The summed E-state index contributed by atoms with van der Waals surface area (Å²) in [5.74, 6) is -3.15. The maximum Gasteiger partial charge on any atom is 0.415 e. The number of para-hydroxylation sites is 2. The van der Waals surface area contributed by atoms with Gasteiger partial charge in [0.05, 0.1) is 17.4 Å². The quantitative estimate of drug-likeness (QED) is 0.0560. The minimum atomic E-state index is -3.92. The summed E-state index contributed by atoms with van der Waals surface area (Å²) in [7, 11) is -3.92. The second-order valence-corrected chi connectivity index (χ2v) is 13.4. The van der Waals surface area contributed by atoms with Gasteiger partial charge in [-0.1, -0.05) is 48.5 Å². The van der Waals surface area contributed by atoms with Crippen LogP contribution in [0.15, 0.2) is 97.1 Å². The number of nitrogens with one attached hydrogen (secondary N) is 4. The Morgan fingerprint density at radius 3 is 1.61 bits per heavy atom. The molecule has 5 rings (SSSR count). The highest BCUT2D eigenvalue weighted by atomic mass is 32.2. The van der Waals surface area contributed by atoms with E-state index in [0.717, 1.165) is 6.26 Å². The van der Waals surface area contributed by atoms with Crippen LogP contribution in [0.2, 0.25) is 0 Å². The number of hydrogen-bond donors (Lipinski definition) is 4. The van der Waals surface area contributed by atoms with Crippen molar-refractivity contribution in [2.24, 2.45) is 0 Å². The van der Waals surface area contributed by atoms with Crippen LogP contribution in [0.5, 0.6) is 11.5 Å². The Balaban J connectivity index is 1.36. The van der Waals surface area contributed by atoms with E-state index in [2.05, 4.69) is 10.6 Å². The lowest BCUT2D eigenvalue weighted by Gasteiger charge is -2.25. The van der Waals surface area contributed by atoms with E-state index in [9.17, 15) is 32.4 Å². The SMILES string of the molecule is CC(=O)Oc1ccccc1C(=O)NC(=N)c1ccc(C2C(COS(C)(=O)=O)OC(=O)N2c2ccc(C(=N)NC(=O)c3ccccc3OC(C)=O)cc2)cc1. The fourth-order valence-electron chi connectivity index (χ4n) is 5.41. The van der Waals surface area contributed by atoms with E-state index >= 15 is 0 Å². The molecule has 4 aromatic rings. The summed E-state index contributed by atoms with van der Waals surface area (Å²) >= 11 is 0. The lowest BCUT2D eigenvalue weighted by molar-refractivity contribution is -0.132. The van der Waals surface area contributed by atoms with Crippen molar-refractivity contribution in [1.29, 1.82) is 10.8 Å². The lowest BCUT2D eigenvalue weighted by Crippen LogP contribution is -2.33. The molecule has 1 aliphatic heterocycles. The third kappa shape index (κ3) is 9.38. The first-order valence-electron chi connectivity index (χ1n) is 16.0. The number of benzene rings is 4. The average molecular weight is 756 g/mol. The number of nitrogens with zero attached hydrogens (tertiary/aromatic N) is 1. The van der Waals surface area contributed by atoms with Gasteiger partial charge in [0, 0.05) is 30.7 Å². The van der Waals surface area contributed by atoms with Crippen LogP contribution < -0.4 is 25.0 Å². The third-order valence-corrected chi connectivity index (χ3v) is 8.31. The summed E-state index contributed by atoms with van der Waals surface area (Å²) < 4.78 is 44.4. The largest absolute Gasteiger partial charge is 0.441 e. The molecule has 278 valence electrons. The van der Waals surface area contributed by atoms with Crippen molar-refractivity contribution < 1.29 is 50.8 Å². The van der Waals surface area contributed by atoms with Gasteiger partial charge >= 0.3 is 18.0 Å². The van der Waals surface area contributed by atoms with Crippen molar-refractivity contribution in [2.75, 3.05) is 17.8 Å². The number of cyclic esters (lactones) is 1. The Hall–Kier alpha value is -6.72. The van der Waals surface area contributed by atoms with Gasteiger partial charge in [0.15, 0.2) is 6.10 Å². The molecule has 0 radical (unpaired) electrons. The standard InChI is InChI=1S/C37H33N5O11S/c1-21(43)51-29-10-6-4-8-27(29)35(45)40-33(38)24-14-12-23(13-15-24)32-31(20-50-54(3,48)49)53-37(47)42(32)26-18-16-25(17-19-26)34(39)41-36(46)28-9-5-7-11-30(28)52-22(2)44/h4-19,31-32H,20H2,1-3H3,(H2,38,40,45)(H2,39,41,46). The number of hydrogen-bond acceptors (Lipinski definition) is 13. The van der Waals surface area contributed by atoms with Crippen LogP contribution in [0.3, 0.4) is 0 Å². The molecule has 0 aromatic heterocycles. The Morgan fingerprint density at radius 2 is 1.17 bits per heavy atom. The van der Waals surface area contributed by atoms with Crippen LogP contribution in [0.25, 0.3) is 0 Å². The van der Waals surface area contributed by atoms with E-state index in [4.69, 9.17) is 29.2 Å². The molecule has 3 amide bonds. The molecule has 54 heavy (non-hydrogen) atoms. The van der Waals surface area contributed by atoms with E-state index in [1.54, 1.807) is 36.4 Å². The predicted octanol–water partition coefficient (Wildman–Crippen LogP) is 4.09. The first kappa shape index (κ1) is 38.5. The predicted molar refractivity (Wildman–Crippen MR) is 193 cm³/mol. The van der Waals surface area contributed by atoms with Crippen molar-refractivity contribution in [3.63, 3.8) is 0 Å². The van der Waals surface area contributed by atoms with Crippen LogP contribution in [-0.2, 0) is 28.6 Å². The summed E-state index contributed by atoms with van der Waals surface area (Å²) in [6.45, 7) is 1.88. The van der Waals surface area contributed by atoms with Gasteiger partial charge < -0.3 is 24.8 Å². The molecule has 1 fully saturated rings. The highest BCUT2D eigenvalue weighted by Crippen LogP contribution is 2.38. The number of carbonyl (C=O) groups is 5. The molecule has 1 saturated heterocycles. The van der Waals surface area contributed by atoms with Crippen LogP contribution in [-0.4, -0.2) is 68.9 Å². The molecule has 4 aromatic carbocycles. The number of amidine groups is 2. The normalized spacial score (nSPS) is 15.1. The van der Waals surface area contributed by atoms with Crippen molar-refractivity contribution in [1.82, 2.24) is 10.6 Å². The molecule has 16 nitrogen and oxygen atoms in total. The molecule has 0 bridgehead atoms. The fourth-order valence-corrected chi connectivity index (χ4v) is 5.80. The van der Waals surface area contributed by atoms with E-state index in [0.29, 0.717) is 11.3 Å². The molecule has 2 unspecified atom stereocenters. The molecular weight excluding hydrogens is 722 g/mol. The van der Waals surface area contributed by atoms with Crippen molar-refractivity contribution in [3.05, 3.63) is 125 Å². The summed E-state index contributed by atoms with van der Waals surface area (Å²) in [6, 6.07) is 23.3. The molecule has 0 aliphatic carbocycles. The smallest absolute Gasteiger partial charge is 0.415 e. The van der Waals surface area contributed by atoms with E-state index in [-0.39, 0.29) is 45.4 Å². The van der Waals surface area contributed by atoms with Gasteiger partial charge in [-0.05, 0) is 54.1 Å². The Labute approximate surface area is 309 Å². The second kappa shape index (κ2) is 16.3. The van der Waals surface area contributed by atoms with E-state index < -0.39 is 58.7 Å². The molecule has 17 heteroatoms. The van der Waals surface area contributed by atoms with Crippen molar-refractivity contribution in [3.8, 4) is 11.5 Å². The fraction of sp³-hybridized carbons (Fsp3) is 0.162. The zero-order valence-electron chi connectivity index (χ0n) is 28.9. The first-order valence-corrected chi connectivity index (χ1v) is 17.8. The zero-order valence-corrected chi connectivity index (χ0v) is 29.8. The number of amides is 3. The third-order valence-electron chi connectivity index (χ3n) is 7.75. The number of ether oxygens (including phenoxy) is 3. The lowest BCUT2D eigenvalue weighted by atomic mass is 9.98. The van der Waals surface area contributed by atoms with Crippen LogP contribution >= 0.6 is 0 Å². The number of anilines is 1. The van der Waals surface area contributed by atoms with Gasteiger partial charge in [-0.15, -0.1) is 0 Å². The number of esters is 2. The second-order valence-electron chi connectivity index (χ2n) is 11.7. The molecule has 1 heterocycles. The minimum absolute atomic E-state index is 0.0234. The number of rotatable bonds is 11. The summed E-state index contributed by atoms with van der Waals surface area (Å²) in [5.41, 5.74) is 1.36.